The van der Waals surface area contributed by atoms with Crippen molar-refractivity contribution in [2.24, 2.45) is 11.8 Å². The summed E-state index contributed by atoms with van der Waals surface area (Å²) in [5.41, 5.74) is 3.58. The summed E-state index contributed by atoms with van der Waals surface area (Å²) in [6, 6.07) is 15.0. The fraction of sp³-hybridized carbons (Fsp3) is 0.385. The van der Waals surface area contributed by atoms with Crippen LogP contribution in [0.3, 0.4) is 0 Å². The van der Waals surface area contributed by atoms with Crippen LogP contribution in [0.15, 0.2) is 48.5 Å². The van der Waals surface area contributed by atoms with Gasteiger partial charge in [-0.25, -0.2) is 0 Å². The average molecular weight is 468 g/mol. The predicted octanol–water partition coefficient (Wildman–Crippen LogP) is 6.40. The molecular formula is C26H27Cl2N3O. The van der Waals surface area contributed by atoms with Gasteiger partial charge in [0.25, 0.3) is 0 Å². The molecule has 2 aromatic rings. The first-order valence-corrected chi connectivity index (χ1v) is 12.0. The fourth-order valence-corrected chi connectivity index (χ4v) is 5.35. The maximum Gasteiger partial charge on any atom is 0.228 e. The number of rotatable bonds is 7. The minimum atomic E-state index is -0.134. The van der Waals surface area contributed by atoms with Crippen LogP contribution in [0, 0.1) is 23.2 Å². The lowest BCUT2D eigenvalue weighted by molar-refractivity contribution is -0.121. The summed E-state index contributed by atoms with van der Waals surface area (Å²) in [5, 5.41) is 13.3. The van der Waals surface area contributed by atoms with Crippen molar-refractivity contribution >= 4 is 40.4 Å². The molecule has 0 bridgehead atoms. The lowest BCUT2D eigenvalue weighted by Gasteiger charge is -2.24. The minimum Gasteiger partial charge on any atom is -0.326 e. The molecule has 0 radical (unpaired) electrons. The Balaban J connectivity index is 1.53. The largest absolute Gasteiger partial charge is 0.326 e. The number of carbonyl (C=O) groups is 1. The number of carbonyl (C=O) groups excluding carboxylic acids is 1. The molecule has 1 aliphatic heterocycles. The van der Waals surface area contributed by atoms with Crippen LogP contribution in [0.5, 0.6) is 0 Å². The van der Waals surface area contributed by atoms with Gasteiger partial charge in [-0.15, -0.1) is 0 Å². The zero-order chi connectivity index (χ0) is 22.5. The van der Waals surface area contributed by atoms with Crippen molar-refractivity contribution in [2.45, 2.75) is 32.1 Å². The van der Waals surface area contributed by atoms with Crippen molar-refractivity contribution in [3.8, 4) is 6.07 Å². The predicted molar refractivity (Wildman–Crippen MR) is 131 cm³/mol. The lowest BCUT2D eigenvalue weighted by Crippen LogP contribution is -2.32. The second-order valence-electron chi connectivity index (χ2n) is 8.68. The van der Waals surface area contributed by atoms with Gasteiger partial charge in [0.1, 0.15) is 0 Å². The second-order valence-corrected chi connectivity index (χ2v) is 9.55. The highest BCUT2D eigenvalue weighted by molar-refractivity contribution is 6.35. The van der Waals surface area contributed by atoms with Crippen LogP contribution >= 0.6 is 23.2 Å². The van der Waals surface area contributed by atoms with Crippen LogP contribution in [0.25, 0.3) is 5.57 Å². The number of nitrogens with zero attached hydrogens (tertiary/aromatic N) is 2. The molecule has 1 N–H and O–H groups in total. The highest BCUT2D eigenvalue weighted by atomic mass is 35.5. The molecule has 0 aromatic heterocycles. The van der Waals surface area contributed by atoms with Gasteiger partial charge in [0.05, 0.1) is 11.6 Å². The number of benzene rings is 2. The van der Waals surface area contributed by atoms with Gasteiger partial charge in [-0.1, -0.05) is 41.4 Å². The molecule has 6 heteroatoms. The number of hydrogen-bond donors (Lipinski definition) is 1. The zero-order valence-corrected chi connectivity index (χ0v) is 19.5. The molecule has 0 saturated carbocycles. The molecule has 4 rings (SSSR count). The number of nitriles is 1. The van der Waals surface area contributed by atoms with Crippen molar-refractivity contribution in [1.29, 1.82) is 5.26 Å². The topological polar surface area (TPSA) is 56.1 Å². The van der Waals surface area contributed by atoms with Gasteiger partial charge in [-0.2, -0.15) is 5.26 Å². The lowest BCUT2D eigenvalue weighted by atomic mass is 9.87. The van der Waals surface area contributed by atoms with Crippen LogP contribution < -0.4 is 5.32 Å². The molecule has 2 aliphatic rings. The third kappa shape index (κ3) is 5.72. The number of likely N-dealkylation sites (tertiary alicyclic amines) is 1. The molecule has 166 valence electrons. The Morgan fingerprint density at radius 3 is 2.62 bits per heavy atom. The molecule has 32 heavy (non-hydrogen) atoms. The molecule has 0 spiro atoms. The van der Waals surface area contributed by atoms with Crippen LogP contribution in [0.4, 0.5) is 5.69 Å². The van der Waals surface area contributed by atoms with Crippen molar-refractivity contribution in [3.05, 3.63) is 69.7 Å². The van der Waals surface area contributed by atoms with Gasteiger partial charge in [0, 0.05) is 21.7 Å². The van der Waals surface area contributed by atoms with E-state index in [1.807, 2.05) is 24.3 Å². The first-order valence-electron chi connectivity index (χ1n) is 11.2. The van der Waals surface area contributed by atoms with E-state index in [1.165, 1.54) is 18.4 Å². The summed E-state index contributed by atoms with van der Waals surface area (Å²) in [7, 11) is 0. The summed E-state index contributed by atoms with van der Waals surface area (Å²) >= 11 is 12.2. The van der Waals surface area contributed by atoms with Crippen LogP contribution in [0.2, 0.25) is 10.0 Å². The average Bonchev–Trinajstić information content (AvgIpc) is 3.46. The normalized spacial score (nSPS) is 19.4. The monoisotopic (exact) mass is 467 g/mol. The van der Waals surface area contributed by atoms with E-state index >= 15 is 0 Å². The third-order valence-electron chi connectivity index (χ3n) is 6.46. The van der Waals surface area contributed by atoms with E-state index < -0.39 is 0 Å². The summed E-state index contributed by atoms with van der Waals surface area (Å²) in [6.45, 7) is 3.16. The van der Waals surface area contributed by atoms with Gasteiger partial charge >= 0.3 is 0 Å². The van der Waals surface area contributed by atoms with E-state index in [4.69, 9.17) is 23.2 Å². The maximum absolute atomic E-state index is 13.4. The van der Waals surface area contributed by atoms with Gasteiger partial charge in [0.2, 0.25) is 5.91 Å². The number of amides is 1. The van der Waals surface area contributed by atoms with Crippen molar-refractivity contribution < 1.29 is 4.79 Å². The van der Waals surface area contributed by atoms with Crippen molar-refractivity contribution in [1.82, 2.24) is 4.90 Å². The Morgan fingerprint density at radius 2 is 1.91 bits per heavy atom. The highest BCUT2D eigenvalue weighted by Crippen LogP contribution is 2.38. The Morgan fingerprint density at radius 1 is 1.16 bits per heavy atom. The molecule has 2 atom stereocenters. The number of hydrogen-bond acceptors (Lipinski definition) is 3. The summed E-state index contributed by atoms with van der Waals surface area (Å²) in [6.07, 6.45) is 7.38. The van der Waals surface area contributed by atoms with E-state index in [-0.39, 0.29) is 17.7 Å². The van der Waals surface area contributed by atoms with Gasteiger partial charge in [-0.05, 0) is 99.1 Å². The molecule has 4 nitrogen and oxygen atoms in total. The Bertz CT molecular complexity index is 1030. The van der Waals surface area contributed by atoms with Crippen LogP contribution in [-0.2, 0) is 4.79 Å². The molecule has 1 heterocycles. The Kier molecular flexibility index (Phi) is 7.52. The number of anilines is 1. The highest BCUT2D eigenvalue weighted by Gasteiger charge is 2.31. The Hall–Kier alpha value is -2.32. The van der Waals surface area contributed by atoms with Crippen LogP contribution in [-0.4, -0.2) is 30.4 Å². The smallest absolute Gasteiger partial charge is 0.228 e. The van der Waals surface area contributed by atoms with E-state index in [9.17, 15) is 10.1 Å². The second kappa shape index (κ2) is 10.5. The van der Waals surface area contributed by atoms with E-state index in [0.29, 0.717) is 21.3 Å². The van der Waals surface area contributed by atoms with Crippen molar-refractivity contribution in [2.75, 3.05) is 25.0 Å². The van der Waals surface area contributed by atoms with Gasteiger partial charge in [-0.3, -0.25) is 4.79 Å². The number of halogens is 2. The first kappa shape index (κ1) is 22.9. The van der Waals surface area contributed by atoms with Crippen LogP contribution in [0.1, 0.15) is 43.2 Å². The molecule has 1 saturated heterocycles. The zero-order valence-electron chi connectivity index (χ0n) is 18.0. The SMILES string of the molecule is N#Cc1cccc(C2=CC(C(CCN3CCCC3)C(=O)Nc3cc(Cl)cc(Cl)c3)CC2)c1. The molecule has 2 aromatic carbocycles. The van der Waals surface area contributed by atoms with Gasteiger partial charge in [0.15, 0.2) is 0 Å². The molecule has 1 fully saturated rings. The standard InChI is InChI=1S/C26H27Cl2N3O/c27-22-14-23(28)16-24(15-22)30-26(32)25(8-11-31-9-1-2-10-31)21-7-6-20(13-21)19-5-3-4-18(12-19)17-29/h3-5,12-16,21,25H,1-2,6-11H2,(H,30,32). The summed E-state index contributed by atoms with van der Waals surface area (Å²) < 4.78 is 0. The minimum absolute atomic E-state index is 0.0100. The molecule has 1 amide bonds. The van der Waals surface area contributed by atoms with Gasteiger partial charge < -0.3 is 10.2 Å². The molecular weight excluding hydrogens is 441 g/mol. The summed E-state index contributed by atoms with van der Waals surface area (Å²) in [4.78, 5) is 15.8. The molecule has 2 unspecified atom stereocenters. The molecule has 1 aliphatic carbocycles. The van der Waals surface area contributed by atoms with E-state index in [0.717, 1.165) is 44.5 Å². The number of allylic oxidation sites excluding steroid dienone is 2. The quantitative estimate of drug-likeness (QED) is 0.512. The maximum atomic E-state index is 13.4. The third-order valence-corrected chi connectivity index (χ3v) is 6.90. The summed E-state index contributed by atoms with van der Waals surface area (Å²) in [5.74, 6) is 0.0359. The number of nitrogens with one attached hydrogen (secondary N) is 1. The Labute approximate surface area is 199 Å². The van der Waals surface area contributed by atoms with Crippen molar-refractivity contribution in [3.63, 3.8) is 0 Å². The first-order chi connectivity index (χ1) is 15.5. The van der Waals surface area contributed by atoms with E-state index in [1.54, 1.807) is 18.2 Å². The fourth-order valence-electron chi connectivity index (χ4n) is 4.82. The van der Waals surface area contributed by atoms with E-state index in [2.05, 4.69) is 22.4 Å².